The Bertz CT molecular complexity index is 585. The predicted molar refractivity (Wildman–Crippen MR) is 104 cm³/mol. The molecule has 0 aromatic heterocycles. The second kappa shape index (κ2) is 9.80. The number of nitrogens with zero attached hydrogens (tertiary/aromatic N) is 1. The van der Waals surface area contributed by atoms with E-state index < -0.39 is 5.60 Å². The lowest BCUT2D eigenvalue weighted by molar-refractivity contribution is 0.0240. The van der Waals surface area contributed by atoms with Crippen molar-refractivity contribution in [3.8, 4) is 0 Å². The number of likely N-dealkylation sites (N-methyl/N-ethyl adjacent to an activating group) is 1. The number of rotatable bonds is 6. The number of ketones is 1. The van der Waals surface area contributed by atoms with Crippen LogP contribution in [-0.2, 0) is 5.60 Å². The third-order valence-electron chi connectivity index (χ3n) is 3.48. The first-order valence-corrected chi connectivity index (χ1v) is 9.57. The Morgan fingerprint density at radius 2 is 1.52 bits per heavy atom. The van der Waals surface area contributed by atoms with Crippen LogP contribution in [0.15, 0.2) is 60.7 Å². The number of halogens is 1. The molecule has 3 nitrogen and oxygen atoms in total. The van der Waals surface area contributed by atoms with Crippen LogP contribution in [0.1, 0.15) is 22.8 Å². The standard InChI is InChI=1S/C18H21NO2.CH3I/c1-18(21,16-11-7-4-8-12-16)14-19(2)13-17(20)15-9-5-3-6-10-15;1-2/h3-12,21H,13-14H2,1-2H3;1H3. The second-order valence-corrected chi connectivity index (χ2v) is 5.60. The molecule has 2 rings (SSSR count). The lowest BCUT2D eigenvalue weighted by Crippen LogP contribution is -2.39. The zero-order valence-corrected chi connectivity index (χ0v) is 16.0. The van der Waals surface area contributed by atoms with E-state index >= 15 is 0 Å². The van der Waals surface area contributed by atoms with Gasteiger partial charge in [0.05, 0.1) is 12.1 Å². The summed E-state index contributed by atoms with van der Waals surface area (Å²) in [4.78, 5) is 16.0. The van der Waals surface area contributed by atoms with Crippen molar-refractivity contribution in [2.45, 2.75) is 12.5 Å². The molecule has 0 fully saturated rings. The van der Waals surface area contributed by atoms with Gasteiger partial charge in [-0.1, -0.05) is 83.3 Å². The Morgan fingerprint density at radius 3 is 2.04 bits per heavy atom. The summed E-state index contributed by atoms with van der Waals surface area (Å²) in [6.07, 6.45) is 0. The fourth-order valence-electron chi connectivity index (χ4n) is 2.43. The molecule has 0 aliphatic rings. The van der Waals surface area contributed by atoms with E-state index in [2.05, 4.69) is 22.6 Å². The van der Waals surface area contributed by atoms with Gasteiger partial charge >= 0.3 is 0 Å². The summed E-state index contributed by atoms with van der Waals surface area (Å²) < 4.78 is 0. The summed E-state index contributed by atoms with van der Waals surface area (Å²) in [5.74, 6) is 0.0574. The zero-order valence-electron chi connectivity index (χ0n) is 13.9. The summed E-state index contributed by atoms with van der Waals surface area (Å²) in [7, 11) is 1.85. The highest BCUT2D eigenvalue weighted by atomic mass is 127. The number of alkyl halides is 1. The van der Waals surface area contributed by atoms with Crippen LogP contribution >= 0.6 is 22.6 Å². The molecule has 1 N–H and O–H groups in total. The molecule has 2 aromatic rings. The van der Waals surface area contributed by atoms with E-state index in [0.717, 1.165) is 5.56 Å². The predicted octanol–water partition coefficient (Wildman–Crippen LogP) is 3.76. The first-order chi connectivity index (χ1) is 11.0. The van der Waals surface area contributed by atoms with E-state index in [4.69, 9.17) is 0 Å². The third kappa shape index (κ3) is 6.41. The van der Waals surface area contributed by atoms with Gasteiger partial charge in [0.2, 0.25) is 0 Å². The number of hydrogen-bond acceptors (Lipinski definition) is 3. The fourth-order valence-corrected chi connectivity index (χ4v) is 2.43. The Labute approximate surface area is 152 Å². The van der Waals surface area contributed by atoms with Gasteiger partial charge in [-0.25, -0.2) is 0 Å². The maximum Gasteiger partial charge on any atom is 0.176 e. The molecule has 0 aliphatic heterocycles. The first-order valence-electron chi connectivity index (χ1n) is 7.41. The normalized spacial score (nSPS) is 13.0. The molecule has 0 amide bonds. The molecular formula is C19H24INO2. The number of Topliss-reactive ketones (excluding diaryl/α,β-unsaturated/α-hetero) is 1. The first kappa shape index (κ1) is 19.8. The zero-order chi connectivity index (χ0) is 17.3. The van der Waals surface area contributed by atoms with Crippen molar-refractivity contribution >= 4 is 28.4 Å². The van der Waals surface area contributed by atoms with Gasteiger partial charge in [-0.2, -0.15) is 0 Å². The molecule has 0 saturated heterocycles. The van der Waals surface area contributed by atoms with Crippen LogP contribution < -0.4 is 0 Å². The number of carbonyl (C=O) groups is 1. The molecule has 0 bridgehead atoms. The van der Waals surface area contributed by atoms with Crippen LogP contribution in [0.4, 0.5) is 0 Å². The minimum Gasteiger partial charge on any atom is -0.384 e. The van der Waals surface area contributed by atoms with Crippen LogP contribution in [0.25, 0.3) is 0 Å². The lowest BCUT2D eigenvalue weighted by Gasteiger charge is -2.29. The van der Waals surface area contributed by atoms with E-state index in [1.54, 1.807) is 6.92 Å². The average Bonchev–Trinajstić information content (AvgIpc) is 2.57. The number of hydrogen-bond donors (Lipinski definition) is 1. The van der Waals surface area contributed by atoms with Crippen LogP contribution in [0, 0.1) is 0 Å². The molecule has 1 atom stereocenters. The summed E-state index contributed by atoms with van der Waals surface area (Å²) >= 11 is 2.15. The maximum atomic E-state index is 12.2. The van der Waals surface area contributed by atoms with Gasteiger partial charge in [0.1, 0.15) is 0 Å². The monoisotopic (exact) mass is 425 g/mol. The van der Waals surface area contributed by atoms with Crippen molar-refractivity contribution in [1.29, 1.82) is 0 Å². The molecule has 0 heterocycles. The Hall–Kier alpha value is -1.24. The topological polar surface area (TPSA) is 40.5 Å². The van der Waals surface area contributed by atoms with Gasteiger partial charge in [-0.05, 0) is 24.5 Å². The Kier molecular flexibility index (Phi) is 8.44. The summed E-state index contributed by atoms with van der Waals surface area (Å²) in [5.41, 5.74) is 0.570. The van der Waals surface area contributed by atoms with Gasteiger partial charge in [0.15, 0.2) is 5.78 Å². The van der Waals surface area contributed by atoms with Crippen molar-refractivity contribution in [1.82, 2.24) is 4.90 Å². The van der Waals surface area contributed by atoms with Crippen LogP contribution in [-0.4, -0.2) is 40.9 Å². The highest BCUT2D eigenvalue weighted by Crippen LogP contribution is 2.21. The van der Waals surface area contributed by atoms with Gasteiger partial charge in [-0.15, -0.1) is 0 Å². The largest absolute Gasteiger partial charge is 0.384 e. The molecule has 2 aromatic carbocycles. The van der Waals surface area contributed by atoms with Crippen LogP contribution in [0.5, 0.6) is 0 Å². The van der Waals surface area contributed by atoms with Crippen molar-refractivity contribution in [3.05, 3.63) is 71.8 Å². The van der Waals surface area contributed by atoms with Gasteiger partial charge in [0, 0.05) is 12.1 Å². The quantitative estimate of drug-likeness (QED) is 0.435. The molecule has 0 saturated carbocycles. The van der Waals surface area contributed by atoms with E-state index in [1.165, 1.54) is 0 Å². The van der Waals surface area contributed by atoms with E-state index in [9.17, 15) is 9.90 Å². The molecule has 0 aliphatic carbocycles. The molecule has 4 heteroatoms. The van der Waals surface area contributed by atoms with Crippen molar-refractivity contribution < 1.29 is 9.90 Å². The van der Waals surface area contributed by atoms with E-state index in [0.29, 0.717) is 12.1 Å². The minimum atomic E-state index is -0.979. The van der Waals surface area contributed by atoms with Gasteiger partial charge in [0.25, 0.3) is 0 Å². The smallest absolute Gasteiger partial charge is 0.176 e. The number of benzene rings is 2. The molecule has 0 radical (unpaired) electrons. The highest BCUT2D eigenvalue weighted by molar-refractivity contribution is 14.1. The Balaban J connectivity index is 0.00000127. The van der Waals surface area contributed by atoms with Crippen molar-refractivity contribution in [2.75, 3.05) is 25.1 Å². The van der Waals surface area contributed by atoms with E-state index in [-0.39, 0.29) is 12.3 Å². The SMILES string of the molecule is CI.CN(CC(=O)c1ccccc1)CC(C)(O)c1ccccc1. The molecule has 124 valence electrons. The van der Waals surface area contributed by atoms with Crippen molar-refractivity contribution in [3.63, 3.8) is 0 Å². The Morgan fingerprint density at radius 1 is 1.04 bits per heavy atom. The summed E-state index contributed by atoms with van der Waals surface area (Å²) in [5, 5.41) is 10.6. The summed E-state index contributed by atoms with van der Waals surface area (Å²) in [6.45, 7) is 2.45. The number of aliphatic hydroxyl groups is 1. The van der Waals surface area contributed by atoms with Crippen LogP contribution in [0.2, 0.25) is 0 Å². The fraction of sp³-hybridized carbons (Fsp3) is 0.316. The summed E-state index contributed by atoms with van der Waals surface area (Å²) in [6, 6.07) is 18.7. The average molecular weight is 425 g/mol. The minimum absolute atomic E-state index is 0.0574. The van der Waals surface area contributed by atoms with E-state index in [1.807, 2.05) is 77.5 Å². The lowest BCUT2D eigenvalue weighted by atomic mass is 9.95. The van der Waals surface area contributed by atoms with Crippen molar-refractivity contribution in [2.24, 2.45) is 0 Å². The molecule has 23 heavy (non-hydrogen) atoms. The second-order valence-electron chi connectivity index (χ2n) is 5.60. The molecule has 1 unspecified atom stereocenters. The van der Waals surface area contributed by atoms with Gasteiger partial charge < -0.3 is 5.11 Å². The molecular weight excluding hydrogens is 401 g/mol. The highest BCUT2D eigenvalue weighted by Gasteiger charge is 2.25. The third-order valence-corrected chi connectivity index (χ3v) is 3.48. The molecule has 0 spiro atoms. The number of carbonyl (C=O) groups excluding carboxylic acids is 1. The maximum absolute atomic E-state index is 12.2. The van der Waals surface area contributed by atoms with Gasteiger partial charge in [-0.3, -0.25) is 9.69 Å². The van der Waals surface area contributed by atoms with Crippen LogP contribution in [0.3, 0.4) is 0 Å².